The molecule has 0 aliphatic heterocycles. The van der Waals surface area contributed by atoms with E-state index in [1.54, 1.807) is 12.1 Å². The zero-order valence-corrected chi connectivity index (χ0v) is 17.8. The zero-order chi connectivity index (χ0) is 21.4. The number of aryl methyl sites for hydroxylation is 1. The highest BCUT2D eigenvalue weighted by molar-refractivity contribution is 6.32. The first-order valence-electron chi connectivity index (χ1n) is 9.48. The number of nitrogens with one attached hydrogen (secondary N) is 1. The van der Waals surface area contributed by atoms with Crippen LogP contribution in [0.5, 0.6) is 11.5 Å². The number of carbonyl (C=O) groups is 1. The third-order valence-corrected chi connectivity index (χ3v) is 4.72. The van der Waals surface area contributed by atoms with Crippen LogP contribution >= 0.6 is 11.6 Å². The Morgan fingerprint density at radius 3 is 2.52 bits per heavy atom. The van der Waals surface area contributed by atoms with Gasteiger partial charge >= 0.3 is 0 Å². The number of benzene rings is 2. The van der Waals surface area contributed by atoms with Crippen molar-refractivity contribution >= 4 is 29.3 Å². The Bertz CT molecular complexity index is 930. The SMILES string of the molecule is CCc1ccc(NC(=O)/C(C#N)=C\c2cc(Cl)c(O[C@H](C)CC)c(OC)c2)cc1. The molecule has 2 aromatic carbocycles. The van der Waals surface area contributed by atoms with Gasteiger partial charge in [0.05, 0.1) is 18.2 Å². The standard InChI is InChI=1S/C23H25ClN2O3/c1-5-15(3)29-22-20(24)12-17(13-21(22)28-4)11-18(14-25)23(27)26-19-9-7-16(6-2)8-10-19/h7-13,15H,5-6H2,1-4H3,(H,26,27)/b18-11-/t15-/m1/s1. The molecule has 0 saturated carbocycles. The van der Waals surface area contributed by atoms with E-state index in [-0.39, 0.29) is 11.7 Å². The molecule has 0 aliphatic carbocycles. The molecule has 0 heterocycles. The van der Waals surface area contributed by atoms with Crippen LogP contribution in [0.4, 0.5) is 5.69 Å². The van der Waals surface area contributed by atoms with Gasteiger partial charge in [0.2, 0.25) is 0 Å². The van der Waals surface area contributed by atoms with E-state index >= 15 is 0 Å². The molecule has 0 aromatic heterocycles. The van der Waals surface area contributed by atoms with Crippen LogP contribution in [0, 0.1) is 11.3 Å². The molecule has 0 spiro atoms. The Hall–Kier alpha value is -2.97. The first kappa shape index (κ1) is 22.3. The van der Waals surface area contributed by atoms with Crippen molar-refractivity contribution in [2.24, 2.45) is 0 Å². The summed E-state index contributed by atoms with van der Waals surface area (Å²) in [5.41, 5.74) is 2.32. The number of hydrogen-bond acceptors (Lipinski definition) is 4. The molecule has 29 heavy (non-hydrogen) atoms. The molecule has 0 radical (unpaired) electrons. The zero-order valence-electron chi connectivity index (χ0n) is 17.1. The molecule has 1 amide bonds. The summed E-state index contributed by atoms with van der Waals surface area (Å²) in [6.07, 6.45) is 3.18. The van der Waals surface area contributed by atoms with Crippen molar-refractivity contribution in [3.05, 3.63) is 58.1 Å². The molecular weight excluding hydrogens is 388 g/mol. The predicted molar refractivity (Wildman–Crippen MR) is 116 cm³/mol. The van der Waals surface area contributed by atoms with Crippen LogP contribution < -0.4 is 14.8 Å². The van der Waals surface area contributed by atoms with E-state index in [1.807, 2.05) is 44.2 Å². The number of amides is 1. The third-order valence-electron chi connectivity index (χ3n) is 4.44. The van der Waals surface area contributed by atoms with E-state index in [1.165, 1.54) is 18.7 Å². The summed E-state index contributed by atoms with van der Waals surface area (Å²) in [6, 6.07) is 12.8. The number of rotatable bonds is 8. The molecular formula is C23H25ClN2O3. The smallest absolute Gasteiger partial charge is 0.266 e. The second-order valence-corrected chi connectivity index (χ2v) is 6.95. The number of nitriles is 1. The maximum atomic E-state index is 12.5. The van der Waals surface area contributed by atoms with Crippen molar-refractivity contribution in [1.29, 1.82) is 5.26 Å². The summed E-state index contributed by atoms with van der Waals surface area (Å²) in [7, 11) is 1.51. The monoisotopic (exact) mass is 412 g/mol. The summed E-state index contributed by atoms with van der Waals surface area (Å²) in [4.78, 5) is 12.5. The Morgan fingerprint density at radius 2 is 1.97 bits per heavy atom. The van der Waals surface area contributed by atoms with E-state index < -0.39 is 5.91 Å². The molecule has 0 unspecified atom stereocenters. The fourth-order valence-electron chi connectivity index (χ4n) is 2.56. The maximum absolute atomic E-state index is 12.5. The molecule has 152 valence electrons. The Morgan fingerprint density at radius 1 is 1.28 bits per heavy atom. The maximum Gasteiger partial charge on any atom is 0.266 e. The van der Waals surface area contributed by atoms with E-state index in [0.29, 0.717) is 27.8 Å². The van der Waals surface area contributed by atoms with Crippen molar-refractivity contribution in [2.45, 2.75) is 39.7 Å². The number of carbonyl (C=O) groups excluding carboxylic acids is 1. The van der Waals surface area contributed by atoms with Crippen molar-refractivity contribution in [3.8, 4) is 17.6 Å². The van der Waals surface area contributed by atoms with Crippen LogP contribution in [0.15, 0.2) is 42.0 Å². The number of nitrogens with zero attached hydrogens (tertiary/aromatic N) is 1. The van der Waals surface area contributed by atoms with Gasteiger partial charge in [0.25, 0.3) is 5.91 Å². The lowest BCUT2D eigenvalue weighted by Gasteiger charge is -2.17. The highest BCUT2D eigenvalue weighted by Gasteiger charge is 2.16. The molecule has 2 rings (SSSR count). The van der Waals surface area contributed by atoms with Gasteiger partial charge in [-0.05, 0) is 61.2 Å². The van der Waals surface area contributed by atoms with Crippen LogP contribution in [-0.2, 0) is 11.2 Å². The molecule has 0 fully saturated rings. The van der Waals surface area contributed by atoms with E-state index in [0.717, 1.165) is 12.8 Å². The minimum Gasteiger partial charge on any atom is -0.493 e. The largest absolute Gasteiger partial charge is 0.493 e. The van der Waals surface area contributed by atoms with Gasteiger partial charge in [-0.25, -0.2) is 0 Å². The summed E-state index contributed by atoms with van der Waals surface area (Å²) in [5, 5.41) is 12.5. The Balaban J connectivity index is 2.28. The Kier molecular flexibility index (Phi) is 8.11. The van der Waals surface area contributed by atoms with Crippen LogP contribution in [0.3, 0.4) is 0 Å². The number of ether oxygens (including phenoxy) is 2. The summed E-state index contributed by atoms with van der Waals surface area (Å²) in [5.74, 6) is 0.392. The molecule has 2 aromatic rings. The van der Waals surface area contributed by atoms with Crippen LogP contribution in [-0.4, -0.2) is 19.1 Å². The fourth-order valence-corrected chi connectivity index (χ4v) is 2.82. The first-order chi connectivity index (χ1) is 13.9. The molecule has 1 atom stereocenters. The van der Waals surface area contributed by atoms with Gasteiger partial charge in [0, 0.05) is 5.69 Å². The normalized spacial score (nSPS) is 12.1. The van der Waals surface area contributed by atoms with Crippen LogP contribution in [0.25, 0.3) is 6.08 Å². The molecule has 0 saturated heterocycles. The van der Waals surface area contributed by atoms with E-state index in [9.17, 15) is 10.1 Å². The molecule has 5 nitrogen and oxygen atoms in total. The molecule has 0 aliphatic rings. The molecule has 1 N–H and O–H groups in total. The van der Waals surface area contributed by atoms with Crippen molar-refractivity contribution in [3.63, 3.8) is 0 Å². The Labute approximate surface area is 176 Å². The van der Waals surface area contributed by atoms with Gasteiger partial charge in [-0.2, -0.15) is 5.26 Å². The van der Waals surface area contributed by atoms with Gasteiger partial charge in [-0.15, -0.1) is 0 Å². The van der Waals surface area contributed by atoms with E-state index in [2.05, 4.69) is 12.2 Å². The average Bonchev–Trinajstić information content (AvgIpc) is 2.73. The van der Waals surface area contributed by atoms with Crippen LogP contribution in [0.1, 0.15) is 38.3 Å². The van der Waals surface area contributed by atoms with Crippen molar-refractivity contribution < 1.29 is 14.3 Å². The average molecular weight is 413 g/mol. The van der Waals surface area contributed by atoms with Gasteiger partial charge in [-0.1, -0.05) is 37.6 Å². The van der Waals surface area contributed by atoms with E-state index in [4.69, 9.17) is 21.1 Å². The predicted octanol–water partition coefficient (Wildman–Crippen LogP) is 5.63. The summed E-state index contributed by atoms with van der Waals surface area (Å²) >= 11 is 6.36. The highest BCUT2D eigenvalue weighted by atomic mass is 35.5. The molecule has 0 bridgehead atoms. The minimum atomic E-state index is -0.494. The summed E-state index contributed by atoms with van der Waals surface area (Å²) in [6.45, 7) is 6.01. The van der Waals surface area contributed by atoms with Gasteiger partial charge in [0.1, 0.15) is 11.6 Å². The van der Waals surface area contributed by atoms with Crippen molar-refractivity contribution in [2.75, 3.05) is 12.4 Å². The van der Waals surface area contributed by atoms with Crippen LogP contribution in [0.2, 0.25) is 5.02 Å². The third kappa shape index (κ3) is 6.00. The second-order valence-electron chi connectivity index (χ2n) is 6.55. The lowest BCUT2D eigenvalue weighted by molar-refractivity contribution is -0.112. The number of halogens is 1. The fraction of sp³-hybridized carbons (Fsp3) is 0.304. The first-order valence-corrected chi connectivity index (χ1v) is 9.85. The number of hydrogen-bond donors (Lipinski definition) is 1. The lowest BCUT2D eigenvalue weighted by Crippen LogP contribution is -2.13. The molecule has 6 heteroatoms. The minimum absolute atomic E-state index is 0.0256. The van der Waals surface area contributed by atoms with Gasteiger partial charge in [-0.3, -0.25) is 4.79 Å². The highest BCUT2D eigenvalue weighted by Crippen LogP contribution is 2.38. The topological polar surface area (TPSA) is 71.4 Å². The summed E-state index contributed by atoms with van der Waals surface area (Å²) < 4.78 is 11.2. The van der Waals surface area contributed by atoms with Gasteiger partial charge in [0.15, 0.2) is 11.5 Å². The van der Waals surface area contributed by atoms with Gasteiger partial charge < -0.3 is 14.8 Å². The number of methoxy groups -OCH3 is 1. The lowest BCUT2D eigenvalue weighted by atomic mass is 10.1. The quantitative estimate of drug-likeness (QED) is 0.450. The number of anilines is 1. The van der Waals surface area contributed by atoms with Crippen molar-refractivity contribution in [1.82, 2.24) is 0 Å². The second kappa shape index (κ2) is 10.5.